The van der Waals surface area contributed by atoms with Crippen molar-refractivity contribution >= 4 is 5.97 Å². The summed E-state index contributed by atoms with van der Waals surface area (Å²) >= 11 is 0. The number of rotatable bonds is 4. The molecule has 18 heavy (non-hydrogen) atoms. The third-order valence-electron chi connectivity index (χ3n) is 4.25. The molecular weight excluding hydrogens is 224 g/mol. The Kier molecular flexibility index (Phi) is 4.40. The van der Waals surface area contributed by atoms with Crippen LogP contribution in [0.3, 0.4) is 0 Å². The van der Waals surface area contributed by atoms with Crippen LogP contribution in [-0.2, 0) is 11.2 Å². The van der Waals surface area contributed by atoms with Crippen molar-refractivity contribution in [1.82, 2.24) is 0 Å². The summed E-state index contributed by atoms with van der Waals surface area (Å²) in [4.78, 5) is 11.5. The van der Waals surface area contributed by atoms with Gasteiger partial charge in [0.2, 0.25) is 0 Å². The average molecular weight is 246 g/mol. The van der Waals surface area contributed by atoms with Crippen molar-refractivity contribution in [2.45, 2.75) is 39.0 Å². The third kappa shape index (κ3) is 3.34. The number of benzene rings is 1. The molecule has 1 unspecified atom stereocenters. The number of aliphatic carboxylic acids is 1. The summed E-state index contributed by atoms with van der Waals surface area (Å²) in [6, 6.07) is 10.00. The fourth-order valence-corrected chi connectivity index (χ4v) is 3.01. The molecule has 0 aromatic heterocycles. The average Bonchev–Trinajstić information content (AvgIpc) is 2.38. The van der Waals surface area contributed by atoms with E-state index in [9.17, 15) is 9.90 Å². The van der Waals surface area contributed by atoms with E-state index < -0.39 is 5.97 Å². The van der Waals surface area contributed by atoms with Crippen LogP contribution in [-0.4, -0.2) is 11.1 Å². The van der Waals surface area contributed by atoms with Gasteiger partial charge in [-0.05, 0) is 36.7 Å². The molecule has 1 aliphatic rings. The molecule has 1 atom stereocenters. The Labute approximate surface area is 109 Å². The van der Waals surface area contributed by atoms with Crippen LogP contribution in [0.25, 0.3) is 0 Å². The second-order valence-corrected chi connectivity index (χ2v) is 5.65. The summed E-state index contributed by atoms with van der Waals surface area (Å²) in [5, 5.41) is 9.45. The predicted octanol–water partition coefficient (Wildman–Crippen LogP) is 3.76. The van der Waals surface area contributed by atoms with E-state index in [1.165, 1.54) is 12.8 Å². The zero-order valence-electron chi connectivity index (χ0n) is 11.0. The first-order valence-corrected chi connectivity index (χ1v) is 6.93. The molecule has 0 bridgehead atoms. The monoisotopic (exact) mass is 246 g/mol. The second-order valence-electron chi connectivity index (χ2n) is 5.65. The number of carboxylic acids is 1. The number of hydrogen-bond acceptors (Lipinski definition) is 1. The van der Waals surface area contributed by atoms with Crippen molar-refractivity contribution in [3.05, 3.63) is 35.9 Å². The smallest absolute Gasteiger partial charge is 0.307 e. The molecule has 98 valence electrons. The van der Waals surface area contributed by atoms with Gasteiger partial charge in [-0.1, -0.05) is 50.1 Å². The molecule has 0 aliphatic heterocycles. The van der Waals surface area contributed by atoms with Crippen molar-refractivity contribution in [3.8, 4) is 0 Å². The van der Waals surface area contributed by atoms with Crippen molar-refractivity contribution < 1.29 is 9.90 Å². The van der Waals surface area contributed by atoms with Gasteiger partial charge in [-0.25, -0.2) is 0 Å². The van der Waals surface area contributed by atoms with E-state index in [2.05, 4.69) is 6.92 Å². The number of carbonyl (C=O) groups is 1. The van der Waals surface area contributed by atoms with Crippen LogP contribution in [0, 0.1) is 17.8 Å². The van der Waals surface area contributed by atoms with Crippen LogP contribution in [0.15, 0.2) is 30.3 Å². The Morgan fingerprint density at radius 2 is 1.83 bits per heavy atom. The lowest BCUT2D eigenvalue weighted by Crippen LogP contribution is -2.28. The lowest BCUT2D eigenvalue weighted by atomic mass is 9.74. The maximum atomic E-state index is 11.5. The molecule has 0 spiro atoms. The maximum absolute atomic E-state index is 11.5. The molecule has 1 N–H and O–H groups in total. The lowest BCUT2D eigenvalue weighted by Gasteiger charge is -2.30. The minimum Gasteiger partial charge on any atom is -0.481 e. The van der Waals surface area contributed by atoms with Crippen molar-refractivity contribution in [2.24, 2.45) is 17.8 Å². The van der Waals surface area contributed by atoms with Gasteiger partial charge in [0.25, 0.3) is 0 Å². The molecule has 0 radical (unpaired) electrons. The van der Waals surface area contributed by atoms with E-state index in [-0.39, 0.29) is 5.92 Å². The van der Waals surface area contributed by atoms with E-state index in [1.807, 2.05) is 30.3 Å². The Hall–Kier alpha value is -1.31. The highest BCUT2D eigenvalue weighted by molar-refractivity contribution is 5.70. The first-order valence-electron chi connectivity index (χ1n) is 6.93. The summed E-state index contributed by atoms with van der Waals surface area (Å²) in [5.74, 6) is 0.296. The molecule has 0 amide bonds. The van der Waals surface area contributed by atoms with Crippen LogP contribution in [0.1, 0.15) is 38.2 Å². The molecule has 2 heteroatoms. The van der Waals surface area contributed by atoms with Crippen molar-refractivity contribution in [1.29, 1.82) is 0 Å². The molecule has 1 aliphatic carbocycles. The molecule has 1 aromatic carbocycles. The van der Waals surface area contributed by atoms with Gasteiger partial charge in [-0.3, -0.25) is 4.79 Å². The van der Waals surface area contributed by atoms with Crippen molar-refractivity contribution in [3.63, 3.8) is 0 Å². The van der Waals surface area contributed by atoms with Gasteiger partial charge < -0.3 is 5.11 Å². The van der Waals surface area contributed by atoms with Crippen LogP contribution in [0.4, 0.5) is 0 Å². The molecule has 2 rings (SSSR count). The fourth-order valence-electron chi connectivity index (χ4n) is 3.01. The van der Waals surface area contributed by atoms with Gasteiger partial charge in [0.1, 0.15) is 0 Å². The fraction of sp³-hybridized carbons (Fsp3) is 0.562. The lowest BCUT2D eigenvalue weighted by molar-refractivity contribution is -0.144. The Morgan fingerprint density at radius 1 is 1.22 bits per heavy atom. The normalized spacial score (nSPS) is 25.6. The Balaban J connectivity index is 2.02. The predicted molar refractivity (Wildman–Crippen MR) is 72.4 cm³/mol. The van der Waals surface area contributed by atoms with E-state index in [0.29, 0.717) is 12.3 Å². The zero-order chi connectivity index (χ0) is 13.0. The largest absolute Gasteiger partial charge is 0.481 e. The number of carboxylic acid groups (broad SMARTS) is 1. The van der Waals surface area contributed by atoms with Crippen LogP contribution < -0.4 is 0 Å². The summed E-state index contributed by atoms with van der Waals surface area (Å²) < 4.78 is 0. The highest BCUT2D eigenvalue weighted by Crippen LogP contribution is 2.34. The van der Waals surface area contributed by atoms with Crippen molar-refractivity contribution in [2.75, 3.05) is 0 Å². The SMILES string of the molecule is CC1CCC(C(Cc2ccccc2)C(=O)O)CC1. The highest BCUT2D eigenvalue weighted by atomic mass is 16.4. The van der Waals surface area contributed by atoms with Gasteiger partial charge in [0.05, 0.1) is 5.92 Å². The van der Waals surface area contributed by atoms with E-state index >= 15 is 0 Å². The van der Waals surface area contributed by atoms with Gasteiger partial charge >= 0.3 is 5.97 Å². The van der Waals surface area contributed by atoms with E-state index in [1.54, 1.807) is 0 Å². The zero-order valence-corrected chi connectivity index (χ0v) is 11.0. The minimum absolute atomic E-state index is 0.208. The molecule has 2 nitrogen and oxygen atoms in total. The molecular formula is C16H22O2. The Morgan fingerprint density at radius 3 is 2.39 bits per heavy atom. The standard InChI is InChI=1S/C16H22O2/c1-12-7-9-14(10-8-12)15(16(17)18)11-13-5-3-2-4-6-13/h2-6,12,14-15H,7-11H2,1H3,(H,17,18). The summed E-state index contributed by atoms with van der Waals surface area (Å²) in [7, 11) is 0. The van der Waals surface area contributed by atoms with Gasteiger partial charge in [-0.15, -0.1) is 0 Å². The van der Waals surface area contributed by atoms with Crippen LogP contribution in [0.5, 0.6) is 0 Å². The van der Waals surface area contributed by atoms with Gasteiger partial charge in [0, 0.05) is 0 Å². The summed E-state index contributed by atoms with van der Waals surface area (Å²) in [5.41, 5.74) is 1.14. The summed E-state index contributed by atoms with van der Waals surface area (Å²) in [6.45, 7) is 2.27. The topological polar surface area (TPSA) is 37.3 Å². The van der Waals surface area contributed by atoms with E-state index in [0.717, 1.165) is 24.3 Å². The van der Waals surface area contributed by atoms with Crippen LogP contribution in [0.2, 0.25) is 0 Å². The van der Waals surface area contributed by atoms with Crippen LogP contribution >= 0.6 is 0 Å². The summed E-state index contributed by atoms with van der Waals surface area (Å²) in [6.07, 6.45) is 5.19. The highest BCUT2D eigenvalue weighted by Gasteiger charge is 2.30. The minimum atomic E-state index is -0.626. The van der Waals surface area contributed by atoms with E-state index in [4.69, 9.17) is 0 Å². The second kappa shape index (κ2) is 6.03. The molecule has 1 saturated carbocycles. The molecule has 1 fully saturated rings. The van der Waals surface area contributed by atoms with Gasteiger partial charge in [0.15, 0.2) is 0 Å². The molecule has 0 saturated heterocycles. The number of hydrogen-bond donors (Lipinski definition) is 1. The third-order valence-corrected chi connectivity index (χ3v) is 4.25. The maximum Gasteiger partial charge on any atom is 0.307 e. The quantitative estimate of drug-likeness (QED) is 0.878. The first kappa shape index (κ1) is 13.1. The van der Waals surface area contributed by atoms with Gasteiger partial charge in [-0.2, -0.15) is 0 Å². The molecule has 1 aromatic rings. The Bertz CT molecular complexity index is 377. The molecule has 0 heterocycles. The first-order chi connectivity index (χ1) is 8.66.